The summed E-state index contributed by atoms with van der Waals surface area (Å²) < 4.78 is 6.29. The Morgan fingerprint density at radius 2 is 1.23 bits per heavy atom. The standard InChI is InChI=1S/C57H67N5O2P/c1-9-46-40(5)52-37-55-47(10-2)39(4)51(59-55)36-53-41(6)48(57(61-53)42(7)50-34-38(3)49(58-50)35-54(46)60-52)28-29-56(63)62(8)30-20-31-64-32-21-33-65(43-22-14-11-15-23-43,44-24-16-12-17-25-44)45-26-18-13-19-27-45/h11-19,22-27,34-37,41,48,59-60H,9-10,20-21,28-33H2,1-8H3/q+1/t41-,48-/m0/s1. The summed E-state index contributed by atoms with van der Waals surface area (Å²) in [6, 6.07) is 39.9. The molecule has 8 rings (SSSR count). The number of H-pyrrole nitrogens is 2. The van der Waals surface area contributed by atoms with Gasteiger partial charge in [-0.3, -0.25) is 9.78 Å². The number of hydrogen-bond donors (Lipinski definition) is 2. The molecule has 336 valence electrons. The van der Waals surface area contributed by atoms with E-state index in [-0.39, 0.29) is 17.7 Å². The number of fused-ring (bicyclic) bond motifs is 8. The average molecular weight is 885 g/mol. The molecule has 5 heterocycles. The van der Waals surface area contributed by atoms with E-state index in [0.717, 1.165) is 94.2 Å². The van der Waals surface area contributed by atoms with Crippen molar-refractivity contribution in [3.8, 4) is 0 Å². The van der Waals surface area contributed by atoms with Crippen LogP contribution < -0.4 is 15.9 Å². The Morgan fingerprint density at radius 1 is 0.692 bits per heavy atom. The summed E-state index contributed by atoms with van der Waals surface area (Å²) >= 11 is 0. The molecule has 0 unspecified atom stereocenters. The van der Waals surface area contributed by atoms with Gasteiger partial charge >= 0.3 is 0 Å². The van der Waals surface area contributed by atoms with Gasteiger partial charge in [0.25, 0.3) is 0 Å². The van der Waals surface area contributed by atoms with Crippen molar-refractivity contribution in [2.75, 3.05) is 33.0 Å². The monoisotopic (exact) mass is 885 g/mol. The Kier molecular flexibility index (Phi) is 14.3. The van der Waals surface area contributed by atoms with E-state index in [2.05, 4.69) is 174 Å². The van der Waals surface area contributed by atoms with Crippen LogP contribution in [0.15, 0.2) is 109 Å². The lowest BCUT2D eigenvalue weighted by Crippen LogP contribution is -2.33. The van der Waals surface area contributed by atoms with Crippen LogP contribution in [-0.2, 0) is 22.4 Å². The lowest BCUT2D eigenvalue weighted by atomic mass is 9.85. The zero-order chi connectivity index (χ0) is 45.7. The number of carbonyl (C=O) groups excluding carboxylic acids is 1. The molecule has 2 aliphatic rings. The van der Waals surface area contributed by atoms with Crippen molar-refractivity contribution in [1.82, 2.24) is 24.8 Å². The van der Waals surface area contributed by atoms with Crippen molar-refractivity contribution in [1.29, 1.82) is 0 Å². The van der Waals surface area contributed by atoms with Gasteiger partial charge in [-0.2, -0.15) is 0 Å². The molecular weight excluding hydrogens is 818 g/mol. The van der Waals surface area contributed by atoms with Crippen LogP contribution in [0.1, 0.15) is 116 Å². The van der Waals surface area contributed by atoms with Crippen LogP contribution in [0.25, 0.3) is 33.7 Å². The number of hydrogen-bond acceptors (Lipinski definition) is 4. The number of amides is 1. The fourth-order valence-electron chi connectivity index (χ4n) is 10.3. The van der Waals surface area contributed by atoms with Gasteiger partial charge in [-0.05, 0) is 147 Å². The van der Waals surface area contributed by atoms with Crippen LogP contribution in [-0.4, -0.2) is 63.7 Å². The quantitative estimate of drug-likeness (QED) is 0.0749. The smallest absolute Gasteiger partial charge is 0.222 e. The zero-order valence-corrected chi connectivity index (χ0v) is 40.7. The fourth-order valence-corrected chi connectivity index (χ4v) is 14.6. The number of carbonyl (C=O) groups is 1. The van der Waals surface area contributed by atoms with E-state index in [1.165, 1.54) is 38.2 Å². The van der Waals surface area contributed by atoms with Crippen LogP contribution in [0.3, 0.4) is 0 Å². The van der Waals surface area contributed by atoms with Gasteiger partial charge in [-0.15, -0.1) is 0 Å². The molecule has 7 nitrogen and oxygen atoms in total. The Labute approximate surface area is 387 Å². The third-order valence-electron chi connectivity index (χ3n) is 14.2. The average Bonchev–Trinajstić information content (AvgIpc) is 4.04. The molecule has 8 bridgehead atoms. The number of aromatic nitrogens is 4. The lowest BCUT2D eigenvalue weighted by Gasteiger charge is -2.27. The molecule has 0 saturated carbocycles. The van der Waals surface area contributed by atoms with E-state index in [9.17, 15) is 4.79 Å². The summed E-state index contributed by atoms with van der Waals surface area (Å²) in [5, 5.41) is 4.19. The minimum Gasteiger partial charge on any atom is -0.381 e. The van der Waals surface area contributed by atoms with E-state index in [4.69, 9.17) is 14.7 Å². The van der Waals surface area contributed by atoms with Crippen LogP contribution >= 0.6 is 7.26 Å². The summed E-state index contributed by atoms with van der Waals surface area (Å²) in [4.78, 5) is 33.9. The number of benzene rings is 3. The minimum absolute atomic E-state index is 0.0894. The normalized spacial score (nSPS) is 15.0. The highest BCUT2D eigenvalue weighted by Crippen LogP contribution is 2.55. The Bertz CT molecular complexity index is 2730. The van der Waals surface area contributed by atoms with Gasteiger partial charge in [-0.25, -0.2) is 4.98 Å². The fraction of sp³-hybridized carbons (Fsp3) is 0.351. The van der Waals surface area contributed by atoms with E-state index >= 15 is 0 Å². The Balaban J connectivity index is 0.955. The molecule has 0 spiro atoms. The van der Waals surface area contributed by atoms with Gasteiger partial charge in [-0.1, -0.05) is 75.4 Å². The highest BCUT2D eigenvalue weighted by Gasteiger charge is 2.44. The first-order valence-electron chi connectivity index (χ1n) is 23.8. The number of ether oxygens (including phenoxy) is 1. The third kappa shape index (κ3) is 9.42. The molecule has 6 aromatic rings. The summed E-state index contributed by atoms with van der Waals surface area (Å²) in [6.45, 7) is 17.4. The lowest BCUT2D eigenvalue weighted by molar-refractivity contribution is -0.130. The molecule has 0 aliphatic carbocycles. The molecule has 2 atom stereocenters. The molecular formula is C57H67N5O2P+. The van der Waals surface area contributed by atoms with Crippen molar-refractivity contribution in [3.05, 3.63) is 160 Å². The number of allylic oxidation sites excluding steroid dienone is 1. The van der Waals surface area contributed by atoms with Gasteiger partial charge < -0.3 is 19.6 Å². The molecule has 65 heavy (non-hydrogen) atoms. The maximum Gasteiger partial charge on any atom is 0.222 e. The molecule has 3 aromatic carbocycles. The first-order chi connectivity index (χ1) is 31.5. The third-order valence-corrected chi connectivity index (χ3v) is 18.7. The number of aryl methyl sites for hydroxylation is 4. The molecule has 0 radical (unpaired) electrons. The minimum atomic E-state index is -1.88. The summed E-state index contributed by atoms with van der Waals surface area (Å²) in [7, 11) is 0.0503. The highest BCUT2D eigenvalue weighted by atomic mass is 31.2. The molecule has 2 N–H and O–H groups in total. The molecule has 3 aromatic heterocycles. The maximum absolute atomic E-state index is 13.8. The first kappa shape index (κ1) is 45.9. The van der Waals surface area contributed by atoms with Crippen molar-refractivity contribution in [2.45, 2.75) is 98.8 Å². The number of aromatic amines is 2. The van der Waals surface area contributed by atoms with Gasteiger partial charge in [0.15, 0.2) is 0 Å². The maximum atomic E-state index is 13.8. The predicted octanol–water partition coefficient (Wildman–Crippen LogP) is 11.8. The second kappa shape index (κ2) is 20.3. The van der Waals surface area contributed by atoms with E-state index in [0.29, 0.717) is 26.2 Å². The molecule has 1 amide bonds. The van der Waals surface area contributed by atoms with Gasteiger partial charge in [0, 0.05) is 78.3 Å². The van der Waals surface area contributed by atoms with E-state index in [1.807, 2.05) is 11.9 Å². The van der Waals surface area contributed by atoms with E-state index in [1.54, 1.807) is 0 Å². The second-order valence-corrected chi connectivity index (χ2v) is 21.7. The van der Waals surface area contributed by atoms with Crippen molar-refractivity contribution in [2.24, 2.45) is 0 Å². The molecule has 0 saturated heterocycles. The van der Waals surface area contributed by atoms with Crippen LogP contribution in [0.2, 0.25) is 0 Å². The second-order valence-electron chi connectivity index (χ2n) is 18.1. The van der Waals surface area contributed by atoms with Crippen LogP contribution in [0.4, 0.5) is 0 Å². The van der Waals surface area contributed by atoms with Gasteiger partial charge in [0.2, 0.25) is 5.91 Å². The largest absolute Gasteiger partial charge is 0.381 e. The summed E-state index contributed by atoms with van der Waals surface area (Å²) in [5.41, 5.74) is 15.9. The zero-order valence-electron chi connectivity index (χ0n) is 39.8. The van der Waals surface area contributed by atoms with Crippen molar-refractivity contribution >= 4 is 62.8 Å². The number of nitrogens with one attached hydrogen (secondary N) is 2. The van der Waals surface area contributed by atoms with Gasteiger partial charge in [0.05, 0.1) is 24.2 Å². The Hall–Kier alpha value is -5.62. The Morgan fingerprint density at radius 3 is 1.80 bits per heavy atom. The molecule has 8 heteroatoms. The van der Waals surface area contributed by atoms with Crippen LogP contribution in [0, 0.1) is 20.8 Å². The number of nitrogens with zero attached hydrogens (tertiary/aromatic N) is 3. The first-order valence-corrected chi connectivity index (χ1v) is 25.8. The predicted molar refractivity (Wildman–Crippen MR) is 276 cm³/mol. The SMILES string of the molecule is CCc1c(C)c2cc3[nH]c(cc4nc(c(C)c5nc(cc1[nH]2)C(C)=C5)[C@@H](CCC(=O)N(C)CCCOCCC[P+](c1ccccc1)(c1ccccc1)c1ccccc1)[C@@H]4C)c(C)c3CC. The van der Waals surface area contributed by atoms with Crippen molar-refractivity contribution in [3.63, 3.8) is 0 Å². The van der Waals surface area contributed by atoms with Crippen molar-refractivity contribution < 1.29 is 9.53 Å². The topological polar surface area (TPSA) is 86.9 Å². The van der Waals surface area contributed by atoms with Gasteiger partial charge in [0.1, 0.15) is 23.2 Å². The van der Waals surface area contributed by atoms with E-state index < -0.39 is 7.26 Å². The van der Waals surface area contributed by atoms with Crippen LogP contribution in [0.5, 0.6) is 0 Å². The summed E-state index contributed by atoms with van der Waals surface area (Å²) in [6.07, 6.45) is 8.01. The molecule has 0 fully saturated rings. The number of rotatable bonds is 16. The highest BCUT2D eigenvalue weighted by molar-refractivity contribution is 7.95. The summed E-state index contributed by atoms with van der Waals surface area (Å²) in [5.74, 6) is 0.384. The molecule has 2 aliphatic heterocycles.